The summed E-state index contributed by atoms with van der Waals surface area (Å²) in [6, 6.07) is 17.5. The number of benzene rings is 2. The fourth-order valence-corrected chi connectivity index (χ4v) is 3.55. The van der Waals surface area contributed by atoms with Gasteiger partial charge in [-0.1, -0.05) is 62.0 Å². The van der Waals surface area contributed by atoms with Crippen LogP contribution < -0.4 is 10.1 Å². The van der Waals surface area contributed by atoms with Gasteiger partial charge in [0, 0.05) is 12.2 Å². The third kappa shape index (κ3) is 5.97. The van der Waals surface area contributed by atoms with Crippen LogP contribution in [0.5, 0.6) is 5.75 Å². The summed E-state index contributed by atoms with van der Waals surface area (Å²) in [5.41, 5.74) is 2.03. The van der Waals surface area contributed by atoms with Crippen LogP contribution in [0.2, 0.25) is 0 Å². The number of carbonyl (C=O) groups excluding carboxylic acids is 1. The number of amides is 1. The predicted octanol–water partition coefficient (Wildman–Crippen LogP) is 4.90. The molecule has 0 atom stereocenters. The van der Waals surface area contributed by atoms with E-state index < -0.39 is 0 Å². The van der Waals surface area contributed by atoms with Crippen molar-refractivity contribution in [1.82, 2.24) is 14.8 Å². The van der Waals surface area contributed by atoms with E-state index in [9.17, 15) is 4.79 Å². The molecule has 156 valence electrons. The van der Waals surface area contributed by atoms with Crippen molar-refractivity contribution >= 4 is 23.4 Å². The van der Waals surface area contributed by atoms with Crippen LogP contribution in [0.4, 0.5) is 5.69 Å². The first-order valence-electron chi connectivity index (χ1n) is 9.80. The lowest BCUT2D eigenvalue weighted by molar-refractivity contribution is -0.113. The van der Waals surface area contributed by atoms with Crippen LogP contribution in [0.1, 0.15) is 31.2 Å². The molecule has 7 heteroatoms. The Balaban J connectivity index is 1.58. The monoisotopic (exact) mass is 422 g/mol. The van der Waals surface area contributed by atoms with Crippen LogP contribution in [-0.4, -0.2) is 26.4 Å². The smallest absolute Gasteiger partial charge is 0.234 e. The molecule has 0 fully saturated rings. The minimum atomic E-state index is -0.0902. The zero-order chi connectivity index (χ0) is 21.3. The SMILES string of the molecule is C=CCn1c(COc2ccccc2)nnc1SCC(=O)Nc1ccc(C(C)C)cc1. The molecule has 0 aliphatic heterocycles. The van der Waals surface area contributed by atoms with Crippen molar-refractivity contribution in [2.24, 2.45) is 0 Å². The Hall–Kier alpha value is -3.06. The highest BCUT2D eigenvalue weighted by Gasteiger charge is 2.14. The molecule has 2 aromatic carbocycles. The maximum absolute atomic E-state index is 12.4. The number of nitrogens with zero attached hydrogens (tertiary/aromatic N) is 3. The van der Waals surface area contributed by atoms with E-state index in [0.717, 1.165) is 11.4 Å². The summed E-state index contributed by atoms with van der Waals surface area (Å²) in [5.74, 6) is 2.06. The molecular formula is C23H26N4O2S. The average Bonchev–Trinajstić information content (AvgIpc) is 3.14. The van der Waals surface area contributed by atoms with E-state index in [1.165, 1.54) is 17.3 Å². The predicted molar refractivity (Wildman–Crippen MR) is 121 cm³/mol. The van der Waals surface area contributed by atoms with E-state index in [1.54, 1.807) is 6.08 Å². The molecule has 1 heterocycles. The second-order valence-corrected chi connectivity index (χ2v) is 7.96. The topological polar surface area (TPSA) is 69.0 Å². The van der Waals surface area contributed by atoms with E-state index in [4.69, 9.17) is 4.74 Å². The second-order valence-electron chi connectivity index (χ2n) is 7.01. The van der Waals surface area contributed by atoms with Gasteiger partial charge in [-0.25, -0.2) is 0 Å². The summed E-state index contributed by atoms with van der Waals surface area (Å²) < 4.78 is 7.69. The fraction of sp³-hybridized carbons (Fsp3) is 0.261. The zero-order valence-electron chi connectivity index (χ0n) is 17.2. The molecule has 0 radical (unpaired) electrons. The quantitative estimate of drug-likeness (QED) is 0.372. The number of nitrogens with one attached hydrogen (secondary N) is 1. The largest absolute Gasteiger partial charge is 0.486 e. The maximum atomic E-state index is 12.4. The van der Waals surface area contributed by atoms with Gasteiger partial charge in [0.25, 0.3) is 0 Å². The first-order chi connectivity index (χ1) is 14.6. The summed E-state index contributed by atoms with van der Waals surface area (Å²) in [5, 5.41) is 12.0. The van der Waals surface area contributed by atoms with Crippen molar-refractivity contribution in [3.63, 3.8) is 0 Å². The third-order valence-corrected chi connectivity index (χ3v) is 5.38. The number of rotatable bonds is 10. The third-order valence-electron chi connectivity index (χ3n) is 4.41. The molecular weight excluding hydrogens is 396 g/mol. The van der Waals surface area contributed by atoms with E-state index >= 15 is 0 Å². The molecule has 3 aromatic rings. The lowest BCUT2D eigenvalue weighted by Gasteiger charge is -2.10. The highest BCUT2D eigenvalue weighted by Crippen LogP contribution is 2.20. The van der Waals surface area contributed by atoms with Gasteiger partial charge in [-0.05, 0) is 35.7 Å². The molecule has 0 unspecified atom stereocenters. The molecule has 0 aliphatic rings. The molecule has 0 saturated heterocycles. The van der Waals surface area contributed by atoms with Gasteiger partial charge >= 0.3 is 0 Å². The van der Waals surface area contributed by atoms with Crippen LogP contribution in [0.15, 0.2) is 72.4 Å². The molecule has 6 nitrogen and oxygen atoms in total. The number of allylic oxidation sites excluding steroid dienone is 1. The van der Waals surface area contributed by atoms with Crippen molar-refractivity contribution in [1.29, 1.82) is 0 Å². The van der Waals surface area contributed by atoms with Crippen molar-refractivity contribution in [3.05, 3.63) is 78.6 Å². The molecule has 0 saturated carbocycles. The van der Waals surface area contributed by atoms with Crippen molar-refractivity contribution in [3.8, 4) is 5.75 Å². The van der Waals surface area contributed by atoms with E-state index in [2.05, 4.69) is 35.9 Å². The zero-order valence-corrected chi connectivity index (χ0v) is 18.1. The van der Waals surface area contributed by atoms with E-state index in [-0.39, 0.29) is 11.7 Å². The molecule has 1 aromatic heterocycles. The molecule has 30 heavy (non-hydrogen) atoms. The number of carbonyl (C=O) groups is 1. The van der Waals surface area contributed by atoms with E-state index in [0.29, 0.717) is 30.1 Å². The summed E-state index contributed by atoms with van der Waals surface area (Å²) in [6.07, 6.45) is 1.77. The molecule has 0 bridgehead atoms. The van der Waals surface area contributed by atoms with Crippen LogP contribution in [0, 0.1) is 0 Å². The maximum Gasteiger partial charge on any atom is 0.234 e. The van der Waals surface area contributed by atoms with Crippen LogP contribution >= 0.6 is 11.8 Å². The highest BCUT2D eigenvalue weighted by atomic mass is 32.2. The van der Waals surface area contributed by atoms with Gasteiger partial charge in [-0.3, -0.25) is 9.36 Å². The normalized spacial score (nSPS) is 10.8. The minimum Gasteiger partial charge on any atom is -0.486 e. The van der Waals surface area contributed by atoms with Crippen molar-refractivity contribution in [2.45, 2.75) is 38.1 Å². The Morgan fingerprint density at radius 1 is 1.17 bits per heavy atom. The lowest BCUT2D eigenvalue weighted by Crippen LogP contribution is -2.15. The summed E-state index contributed by atoms with van der Waals surface area (Å²) in [7, 11) is 0. The minimum absolute atomic E-state index is 0.0902. The van der Waals surface area contributed by atoms with Crippen LogP contribution in [0.25, 0.3) is 0 Å². The van der Waals surface area contributed by atoms with Gasteiger partial charge in [0.15, 0.2) is 11.0 Å². The van der Waals surface area contributed by atoms with Gasteiger partial charge in [-0.2, -0.15) is 0 Å². The van der Waals surface area contributed by atoms with Crippen LogP contribution in [-0.2, 0) is 17.9 Å². The average molecular weight is 423 g/mol. The molecule has 3 rings (SSSR count). The summed E-state index contributed by atoms with van der Waals surface area (Å²) in [6.45, 7) is 8.92. The number of ether oxygens (including phenoxy) is 1. The Morgan fingerprint density at radius 2 is 1.90 bits per heavy atom. The van der Waals surface area contributed by atoms with Gasteiger partial charge in [0.1, 0.15) is 12.4 Å². The Kier molecular flexibility index (Phi) is 7.68. The van der Waals surface area contributed by atoms with Gasteiger partial charge in [0.05, 0.1) is 5.75 Å². The number of thioether (sulfide) groups is 1. The van der Waals surface area contributed by atoms with Crippen molar-refractivity contribution < 1.29 is 9.53 Å². The van der Waals surface area contributed by atoms with Crippen LogP contribution in [0.3, 0.4) is 0 Å². The fourth-order valence-electron chi connectivity index (χ4n) is 2.79. The Bertz CT molecular complexity index is 969. The molecule has 0 spiro atoms. The van der Waals surface area contributed by atoms with Crippen molar-refractivity contribution in [2.75, 3.05) is 11.1 Å². The lowest BCUT2D eigenvalue weighted by atomic mass is 10.0. The standard InChI is InChI=1S/C23H26N4O2S/c1-4-14-27-21(15-29-20-8-6-5-7-9-20)25-26-23(27)30-16-22(28)24-19-12-10-18(11-13-19)17(2)3/h4-13,17H,1,14-16H2,2-3H3,(H,24,28). The highest BCUT2D eigenvalue weighted by molar-refractivity contribution is 7.99. The number of anilines is 1. The Labute approximate surface area is 181 Å². The van der Waals surface area contributed by atoms with Gasteiger partial charge < -0.3 is 10.1 Å². The van der Waals surface area contributed by atoms with E-state index in [1.807, 2.05) is 59.2 Å². The Morgan fingerprint density at radius 3 is 2.57 bits per heavy atom. The summed E-state index contributed by atoms with van der Waals surface area (Å²) in [4.78, 5) is 12.4. The number of hydrogen-bond donors (Lipinski definition) is 1. The molecule has 1 N–H and O–H groups in total. The van der Waals surface area contributed by atoms with Gasteiger partial charge in [-0.15, -0.1) is 16.8 Å². The first kappa shape index (κ1) is 21.6. The number of aromatic nitrogens is 3. The first-order valence-corrected chi connectivity index (χ1v) is 10.8. The molecule has 1 amide bonds. The second kappa shape index (κ2) is 10.6. The van der Waals surface area contributed by atoms with Gasteiger partial charge in [0.2, 0.25) is 5.91 Å². The summed E-state index contributed by atoms with van der Waals surface area (Å²) >= 11 is 1.34. The number of para-hydroxylation sites is 1. The molecule has 0 aliphatic carbocycles. The number of hydrogen-bond acceptors (Lipinski definition) is 5.